The summed E-state index contributed by atoms with van der Waals surface area (Å²) in [5, 5.41) is 0. The molecule has 2 fully saturated rings. The van der Waals surface area contributed by atoms with Crippen LogP contribution in [0.25, 0.3) is 0 Å². The predicted molar refractivity (Wildman–Crippen MR) is 113 cm³/mol. The molecule has 0 bridgehead atoms. The molecule has 1 saturated carbocycles. The summed E-state index contributed by atoms with van der Waals surface area (Å²) in [4.78, 5) is 40.4. The summed E-state index contributed by atoms with van der Waals surface area (Å²) in [6, 6.07) is 0. The van der Waals surface area contributed by atoms with E-state index in [1.54, 1.807) is 12.0 Å². The van der Waals surface area contributed by atoms with E-state index in [0.29, 0.717) is 58.5 Å². The summed E-state index contributed by atoms with van der Waals surface area (Å²) < 4.78 is 20.9. The van der Waals surface area contributed by atoms with Crippen LogP contribution >= 0.6 is 0 Å². The van der Waals surface area contributed by atoms with Crippen LogP contribution in [0.3, 0.4) is 0 Å². The lowest BCUT2D eigenvalue weighted by molar-refractivity contribution is -0.156. The van der Waals surface area contributed by atoms with Gasteiger partial charge >= 0.3 is 18.0 Å². The number of carbonyl (C=O) groups excluding carboxylic acids is 3. The predicted octanol–water partition coefficient (Wildman–Crippen LogP) is 2.08. The van der Waals surface area contributed by atoms with Crippen molar-refractivity contribution in [1.82, 2.24) is 9.80 Å². The summed E-state index contributed by atoms with van der Waals surface area (Å²) in [7, 11) is 1.56. The Hall–Kier alpha value is -1.87. The maximum atomic E-state index is 12.4. The molecule has 2 rings (SSSR count). The van der Waals surface area contributed by atoms with Gasteiger partial charge in [-0.15, -0.1) is 0 Å². The molecule has 0 atom stereocenters. The third-order valence-electron chi connectivity index (χ3n) is 5.60. The topological polar surface area (TPSA) is 94.6 Å². The number of rotatable bonds is 8. The molecule has 178 valence electrons. The molecular formula is C22H38N2O7. The number of amides is 1. The molecule has 1 aliphatic heterocycles. The number of ether oxygens (including phenoxy) is 4. The van der Waals surface area contributed by atoms with Crippen LogP contribution in [0.5, 0.6) is 0 Å². The highest BCUT2D eigenvalue weighted by atomic mass is 16.6. The summed E-state index contributed by atoms with van der Waals surface area (Å²) in [6.07, 6.45) is 2.32. The molecule has 1 amide bonds. The van der Waals surface area contributed by atoms with E-state index >= 15 is 0 Å². The zero-order chi connectivity index (χ0) is 22.9. The van der Waals surface area contributed by atoms with Gasteiger partial charge in [-0.3, -0.25) is 14.5 Å². The molecule has 1 saturated heterocycles. The summed E-state index contributed by atoms with van der Waals surface area (Å²) in [6.45, 7) is 9.89. The van der Waals surface area contributed by atoms with E-state index in [1.807, 2.05) is 20.8 Å². The number of piperazine rings is 1. The Balaban J connectivity index is 1.59. The second kappa shape index (κ2) is 12.2. The first-order chi connectivity index (χ1) is 14.7. The number of esters is 2. The van der Waals surface area contributed by atoms with Crippen molar-refractivity contribution in [3.8, 4) is 0 Å². The fourth-order valence-corrected chi connectivity index (χ4v) is 3.78. The van der Waals surface area contributed by atoms with Gasteiger partial charge in [-0.25, -0.2) is 4.79 Å². The van der Waals surface area contributed by atoms with Gasteiger partial charge in [0, 0.05) is 39.8 Å². The number of nitrogens with zero attached hydrogens (tertiary/aromatic N) is 2. The van der Waals surface area contributed by atoms with Crippen molar-refractivity contribution >= 4 is 18.0 Å². The standard InChI is InChI=1S/C22H38N2O7/c1-22(2,3)31-21(27)24-11-9-23(10-12-24)13-14-29-19(25)17-5-7-18(8-6-17)20(26)30-16-15-28-4/h17-18H,5-16H2,1-4H3. The maximum Gasteiger partial charge on any atom is 0.410 e. The Morgan fingerprint density at radius 3 is 1.81 bits per heavy atom. The Morgan fingerprint density at radius 2 is 1.32 bits per heavy atom. The van der Waals surface area contributed by atoms with Crippen LogP contribution in [0.4, 0.5) is 4.79 Å². The van der Waals surface area contributed by atoms with E-state index in [9.17, 15) is 14.4 Å². The molecule has 0 unspecified atom stereocenters. The van der Waals surface area contributed by atoms with Crippen LogP contribution in [0, 0.1) is 11.8 Å². The largest absolute Gasteiger partial charge is 0.464 e. The number of methoxy groups -OCH3 is 1. The Labute approximate surface area is 185 Å². The summed E-state index contributed by atoms with van der Waals surface area (Å²) in [5.74, 6) is -0.665. The molecule has 9 heteroatoms. The molecule has 2 aliphatic rings. The summed E-state index contributed by atoms with van der Waals surface area (Å²) in [5.41, 5.74) is -0.494. The molecule has 0 spiro atoms. The zero-order valence-electron chi connectivity index (χ0n) is 19.4. The average molecular weight is 443 g/mol. The molecule has 0 radical (unpaired) electrons. The Bertz CT molecular complexity index is 589. The van der Waals surface area contributed by atoms with Crippen LogP contribution in [0.15, 0.2) is 0 Å². The minimum Gasteiger partial charge on any atom is -0.464 e. The molecule has 31 heavy (non-hydrogen) atoms. The van der Waals surface area contributed by atoms with Gasteiger partial charge in [0.15, 0.2) is 0 Å². The van der Waals surface area contributed by atoms with Crippen LogP contribution in [0.2, 0.25) is 0 Å². The first kappa shape index (κ1) is 25.4. The highest BCUT2D eigenvalue weighted by Gasteiger charge is 2.32. The molecule has 0 aromatic rings. The lowest BCUT2D eigenvalue weighted by atomic mass is 9.82. The van der Waals surface area contributed by atoms with Crippen molar-refractivity contribution in [2.24, 2.45) is 11.8 Å². The van der Waals surface area contributed by atoms with E-state index < -0.39 is 5.60 Å². The first-order valence-corrected chi connectivity index (χ1v) is 11.2. The van der Waals surface area contributed by atoms with Gasteiger partial charge < -0.3 is 23.8 Å². The van der Waals surface area contributed by atoms with Crippen molar-refractivity contribution in [2.75, 3.05) is 59.7 Å². The molecular weight excluding hydrogens is 404 g/mol. The van der Waals surface area contributed by atoms with E-state index in [-0.39, 0.29) is 36.5 Å². The van der Waals surface area contributed by atoms with Gasteiger partial charge in [0.05, 0.1) is 18.4 Å². The molecule has 0 aromatic carbocycles. The van der Waals surface area contributed by atoms with Gasteiger partial charge in [-0.05, 0) is 46.5 Å². The second-order valence-electron chi connectivity index (χ2n) is 9.19. The van der Waals surface area contributed by atoms with Crippen molar-refractivity contribution < 1.29 is 33.3 Å². The maximum absolute atomic E-state index is 12.4. The van der Waals surface area contributed by atoms with Crippen LogP contribution in [-0.4, -0.2) is 93.1 Å². The van der Waals surface area contributed by atoms with Crippen molar-refractivity contribution in [1.29, 1.82) is 0 Å². The van der Waals surface area contributed by atoms with Gasteiger partial charge in [-0.1, -0.05) is 0 Å². The molecule has 0 aromatic heterocycles. The van der Waals surface area contributed by atoms with Crippen molar-refractivity contribution in [2.45, 2.75) is 52.1 Å². The third kappa shape index (κ3) is 9.03. The number of hydrogen-bond acceptors (Lipinski definition) is 8. The minimum absolute atomic E-state index is 0.137. The highest BCUT2D eigenvalue weighted by molar-refractivity contribution is 5.75. The minimum atomic E-state index is -0.494. The molecule has 1 aliphatic carbocycles. The van der Waals surface area contributed by atoms with E-state index in [2.05, 4.69) is 4.90 Å². The quantitative estimate of drug-likeness (QED) is 0.320. The first-order valence-electron chi connectivity index (χ1n) is 11.2. The fourth-order valence-electron chi connectivity index (χ4n) is 3.78. The lowest BCUT2D eigenvalue weighted by Crippen LogP contribution is -2.50. The lowest BCUT2D eigenvalue weighted by Gasteiger charge is -2.35. The van der Waals surface area contributed by atoms with Crippen LogP contribution in [-0.2, 0) is 28.5 Å². The average Bonchev–Trinajstić information content (AvgIpc) is 2.73. The van der Waals surface area contributed by atoms with E-state index in [4.69, 9.17) is 18.9 Å². The smallest absolute Gasteiger partial charge is 0.410 e. The van der Waals surface area contributed by atoms with E-state index in [0.717, 1.165) is 13.1 Å². The van der Waals surface area contributed by atoms with E-state index in [1.165, 1.54) is 0 Å². The normalized spacial score (nSPS) is 22.6. The van der Waals surface area contributed by atoms with Crippen molar-refractivity contribution in [3.05, 3.63) is 0 Å². The summed E-state index contributed by atoms with van der Waals surface area (Å²) >= 11 is 0. The Morgan fingerprint density at radius 1 is 0.806 bits per heavy atom. The Kier molecular flexibility index (Phi) is 10.0. The van der Waals surface area contributed by atoms with Crippen LogP contribution in [0.1, 0.15) is 46.5 Å². The third-order valence-corrected chi connectivity index (χ3v) is 5.60. The van der Waals surface area contributed by atoms with Crippen molar-refractivity contribution in [3.63, 3.8) is 0 Å². The fraction of sp³-hybridized carbons (Fsp3) is 0.864. The SMILES string of the molecule is COCCOC(=O)C1CCC(C(=O)OCCN2CCN(C(=O)OC(C)(C)C)CC2)CC1. The van der Waals surface area contributed by atoms with Gasteiger partial charge in [0.25, 0.3) is 0 Å². The monoisotopic (exact) mass is 442 g/mol. The highest BCUT2D eigenvalue weighted by Crippen LogP contribution is 2.30. The second-order valence-corrected chi connectivity index (χ2v) is 9.19. The van der Waals surface area contributed by atoms with Gasteiger partial charge in [0.1, 0.15) is 18.8 Å². The molecule has 1 heterocycles. The number of hydrogen-bond donors (Lipinski definition) is 0. The molecule has 0 N–H and O–H groups in total. The van der Waals surface area contributed by atoms with Gasteiger partial charge in [0.2, 0.25) is 0 Å². The van der Waals surface area contributed by atoms with Crippen LogP contribution < -0.4 is 0 Å². The number of carbonyl (C=O) groups is 3. The van der Waals surface area contributed by atoms with Gasteiger partial charge in [-0.2, -0.15) is 0 Å². The zero-order valence-corrected chi connectivity index (χ0v) is 19.4. The molecule has 9 nitrogen and oxygen atoms in total.